The van der Waals surface area contributed by atoms with Crippen molar-refractivity contribution in [3.63, 3.8) is 0 Å². The van der Waals surface area contributed by atoms with Gasteiger partial charge in [-0.25, -0.2) is 9.97 Å². The van der Waals surface area contributed by atoms with Crippen LogP contribution in [0.4, 0.5) is 5.82 Å². The normalized spacial score (nSPS) is 18.1. The largest absolute Gasteiger partial charge is 0.507 e. The summed E-state index contributed by atoms with van der Waals surface area (Å²) in [6.45, 7) is 3.69. The van der Waals surface area contributed by atoms with Crippen molar-refractivity contribution < 1.29 is 9.84 Å². The van der Waals surface area contributed by atoms with Crippen LogP contribution in [0.25, 0.3) is 22.3 Å². The summed E-state index contributed by atoms with van der Waals surface area (Å²) in [5.41, 5.74) is 3.74. The second-order valence-corrected chi connectivity index (χ2v) is 8.23. The number of ether oxygens (including phenoxy) is 1. The van der Waals surface area contributed by atoms with Crippen LogP contribution in [-0.2, 0) is 0 Å². The topological polar surface area (TPSA) is 79.3 Å². The van der Waals surface area contributed by atoms with Gasteiger partial charge in [0.05, 0.1) is 18.2 Å². The monoisotopic (exact) mass is 426 g/mol. The Kier molecular flexibility index (Phi) is 5.37. The summed E-state index contributed by atoms with van der Waals surface area (Å²) in [5, 5.41) is 18.6. The minimum atomic E-state index is 0.152. The van der Waals surface area contributed by atoms with Gasteiger partial charge in [-0.05, 0) is 48.9 Å². The van der Waals surface area contributed by atoms with Gasteiger partial charge in [-0.3, -0.25) is 0 Å². The van der Waals surface area contributed by atoms with E-state index in [0.29, 0.717) is 11.4 Å². The van der Waals surface area contributed by atoms with Gasteiger partial charge in [-0.2, -0.15) is 0 Å². The maximum absolute atomic E-state index is 10.5. The van der Waals surface area contributed by atoms with E-state index in [9.17, 15) is 5.11 Å². The molecule has 2 heterocycles. The molecule has 3 N–H and O–H groups in total. The van der Waals surface area contributed by atoms with Crippen LogP contribution in [0.3, 0.4) is 0 Å². The Morgan fingerprint density at radius 2 is 1.88 bits per heavy atom. The minimum absolute atomic E-state index is 0.152. The fourth-order valence-corrected chi connectivity index (χ4v) is 4.36. The first-order chi connectivity index (χ1) is 15.6. The molecule has 3 aromatic carbocycles. The van der Waals surface area contributed by atoms with E-state index < -0.39 is 0 Å². The minimum Gasteiger partial charge on any atom is -0.507 e. The summed E-state index contributed by atoms with van der Waals surface area (Å²) in [5.74, 6) is 2.59. The molecule has 5 rings (SSSR count). The van der Waals surface area contributed by atoms with Crippen molar-refractivity contribution in [2.24, 2.45) is 0 Å². The van der Waals surface area contributed by atoms with Crippen LogP contribution in [0.1, 0.15) is 17.0 Å². The van der Waals surface area contributed by atoms with Crippen LogP contribution in [0.15, 0.2) is 66.7 Å². The SMILES string of the molecule is COc1cccc([C@@H]2CNCC2Nc2nc(-c3cc(C)ccc3O)nc3ccccc23)c1. The van der Waals surface area contributed by atoms with E-state index in [4.69, 9.17) is 14.7 Å². The molecule has 0 radical (unpaired) electrons. The number of benzene rings is 3. The van der Waals surface area contributed by atoms with E-state index in [1.807, 2.05) is 55.5 Å². The summed E-state index contributed by atoms with van der Waals surface area (Å²) in [7, 11) is 1.69. The van der Waals surface area contributed by atoms with E-state index >= 15 is 0 Å². The third-order valence-corrected chi connectivity index (χ3v) is 6.05. The first-order valence-corrected chi connectivity index (χ1v) is 10.8. The number of rotatable bonds is 5. The number of methoxy groups -OCH3 is 1. The van der Waals surface area contributed by atoms with Gasteiger partial charge in [-0.15, -0.1) is 0 Å². The fraction of sp³-hybridized carbons (Fsp3) is 0.231. The molecule has 0 aliphatic carbocycles. The van der Waals surface area contributed by atoms with Crippen molar-refractivity contribution in [2.75, 3.05) is 25.5 Å². The molecular weight excluding hydrogens is 400 g/mol. The van der Waals surface area contributed by atoms with Gasteiger partial charge in [-0.1, -0.05) is 35.9 Å². The van der Waals surface area contributed by atoms with Crippen LogP contribution >= 0.6 is 0 Å². The zero-order valence-electron chi connectivity index (χ0n) is 18.2. The predicted octanol–water partition coefficient (Wildman–Crippen LogP) is 4.49. The predicted molar refractivity (Wildman–Crippen MR) is 127 cm³/mol. The molecule has 162 valence electrons. The van der Waals surface area contributed by atoms with E-state index in [-0.39, 0.29) is 17.7 Å². The molecule has 2 atom stereocenters. The Hall–Kier alpha value is -3.64. The van der Waals surface area contributed by atoms with Crippen LogP contribution in [0.5, 0.6) is 11.5 Å². The maximum Gasteiger partial charge on any atom is 0.165 e. The highest BCUT2D eigenvalue weighted by molar-refractivity contribution is 5.91. The van der Waals surface area contributed by atoms with Gasteiger partial charge in [0.25, 0.3) is 0 Å². The summed E-state index contributed by atoms with van der Waals surface area (Å²) in [6, 6.07) is 21.8. The molecule has 1 unspecified atom stereocenters. The highest BCUT2D eigenvalue weighted by atomic mass is 16.5. The molecule has 4 aromatic rings. The third-order valence-electron chi connectivity index (χ3n) is 6.05. The number of aromatic hydroxyl groups is 1. The Morgan fingerprint density at radius 3 is 2.75 bits per heavy atom. The highest BCUT2D eigenvalue weighted by Gasteiger charge is 2.29. The lowest BCUT2D eigenvalue weighted by Crippen LogP contribution is -2.28. The molecule has 6 nitrogen and oxygen atoms in total. The molecule has 32 heavy (non-hydrogen) atoms. The van der Waals surface area contributed by atoms with Gasteiger partial charge in [0.2, 0.25) is 0 Å². The number of hydrogen-bond donors (Lipinski definition) is 3. The number of phenolic OH excluding ortho intramolecular Hbond substituents is 1. The molecule has 1 saturated heterocycles. The molecule has 1 aliphatic heterocycles. The van der Waals surface area contributed by atoms with Gasteiger partial charge >= 0.3 is 0 Å². The van der Waals surface area contributed by atoms with E-state index in [1.165, 1.54) is 5.56 Å². The van der Waals surface area contributed by atoms with Crippen LogP contribution in [0, 0.1) is 6.92 Å². The average molecular weight is 427 g/mol. The number of phenols is 1. The number of nitrogens with one attached hydrogen (secondary N) is 2. The molecule has 1 aliphatic rings. The lowest BCUT2D eigenvalue weighted by Gasteiger charge is -2.22. The summed E-state index contributed by atoms with van der Waals surface area (Å²) >= 11 is 0. The van der Waals surface area contributed by atoms with Gasteiger partial charge in [0.15, 0.2) is 5.82 Å². The molecule has 1 aromatic heterocycles. The van der Waals surface area contributed by atoms with Crippen LogP contribution in [-0.4, -0.2) is 41.3 Å². The molecule has 1 fully saturated rings. The van der Waals surface area contributed by atoms with E-state index in [1.54, 1.807) is 13.2 Å². The number of aryl methyl sites for hydroxylation is 1. The molecule has 0 spiro atoms. The van der Waals surface area contributed by atoms with Crippen LogP contribution < -0.4 is 15.4 Å². The van der Waals surface area contributed by atoms with Crippen molar-refractivity contribution in [3.05, 3.63) is 77.9 Å². The molecule has 6 heteroatoms. The fourth-order valence-electron chi connectivity index (χ4n) is 4.36. The van der Waals surface area contributed by atoms with Crippen molar-refractivity contribution in [3.8, 4) is 22.9 Å². The van der Waals surface area contributed by atoms with Gasteiger partial charge < -0.3 is 20.5 Å². The second kappa shape index (κ2) is 8.48. The summed E-state index contributed by atoms with van der Waals surface area (Å²) in [6.07, 6.45) is 0. The Morgan fingerprint density at radius 1 is 1.00 bits per heavy atom. The van der Waals surface area contributed by atoms with Crippen molar-refractivity contribution in [2.45, 2.75) is 18.9 Å². The number of nitrogens with zero attached hydrogens (tertiary/aromatic N) is 2. The zero-order valence-corrected chi connectivity index (χ0v) is 18.2. The lowest BCUT2D eigenvalue weighted by molar-refractivity contribution is 0.414. The second-order valence-electron chi connectivity index (χ2n) is 8.23. The molecular formula is C26H26N4O2. The standard InChI is InChI=1S/C26H26N4O2/c1-16-10-11-24(31)20(12-16)26-28-22-9-4-3-8-19(22)25(30-26)29-23-15-27-14-21(23)17-6-5-7-18(13-17)32-2/h3-13,21,23,27,31H,14-15H2,1-2H3,(H,28,29,30)/t21-,23?/m0/s1. The smallest absolute Gasteiger partial charge is 0.165 e. The number of aromatic nitrogens is 2. The quantitative estimate of drug-likeness (QED) is 0.437. The zero-order chi connectivity index (χ0) is 22.1. The average Bonchev–Trinajstić information content (AvgIpc) is 3.29. The third kappa shape index (κ3) is 3.85. The van der Waals surface area contributed by atoms with E-state index in [2.05, 4.69) is 22.8 Å². The van der Waals surface area contributed by atoms with E-state index in [0.717, 1.165) is 41.1 Å². The Bertz CT molecular complexity index is 1270. The number of anilines is 1. The van der Waals surface area contributed by atoms with Crippen molar-refractivity contribution >= 4 is 16.7 Å². The van der Waals surface area contributed by atoms with Gasteiger partial charge in [0, 0.05) is 30.4 Å². The van der Waals surface area contributed by atoms with Gasteiger partial charge in [0.1, 0.15) is 17.3 Å². The molecule has 0 bridgehead atoms. The molecule has 0 amide bonds. The first kappa shape index (κ1) is 20.3. The summed E-state index contributed by atoms with van der Waals surface area (Å²) in [4.78, 5) is 9.60. The summed E-state index contributed by atoms with van der Waals surface area (Å²) < 4.78 is 5.43. The highest BCUT2D eigenvalue weighted by Crippen LogP contribution is 2.33. The Labute approximate surface area is 187 Å². The number of hydrogen-bond acceptors (Lipinski definition) is 6. The van der Waals surface area contributed by atoms with Crippen LogP contribution in [0.2, 0.25) is 0 Å². The maximum atomic E-state index is 10.5. The number of fused-ring (bicyclic) bond motifs is 1. The van der Waals surface area contributed by atoms with Crippen molar-refractivity contribution in [1.82, 2.24) is 15.3 Å². The Balaban J connectivity index is 1.55. The van der Waals surface area contributed by atoms with Crippen molar-refractivity contribution in [1.29, 1.82) is 0 Å². The first-order valence-electron chi connectivity index (χ1n) is 10.8. The lowest BCUT2D eigenvalue weighted by atomic mass is 9.94. The number of para-hydroxylation sites is 1. The molecule has 0 saturated carbocycles.